The topological polar surface area (TPSA) is 76.7 Å². The van der Waals surface area contributed by atoms with Crippen molar-refractivity contribution in [2.24, 2.45) is 0 Å². The molecule has 0 aliphatic carbocycles. The largest absolute Gasteiger partial charge is 0.484 e. The molecule has 148 valence electrons. The van der Waals surface area contributed by atoms with Crippen molar-refractivity contribution < 1.29 is 19.1 Å². The zero-order valence-electron chi connectivity index (χ0n) is 15.4. The van der Waals surface area contributed by atoms with Crippen LogP contribution in [0.4, 0.5) is 11.4 Å². The summed E-state index contributed by atoms with van der Waals surface area (Å²) in [6, 6.07) is 23.2. The molecule has 3 rings (SSSR count). The van der Waals surface area contributed by atoms with Gasteiger partial charge in [0, 0.05) is 15.8 Å². The Kier molecular flexibility index (Phi) is 7.24. The van der Waals surface area contributed by atoms with Crippen LogP contribution in [0, 0.1) is 0 Å². The minimum atomic E-state index is -0.302. The first kappa shape index (κ1) is 20.4. The van der Waals surface area contributed by atoms with Crippen LogP contribution >= 0.6 is 15.9 Å². The normalized spacial score (nSPS) is 10.1. The number of benzene rings is 3. The molecule has 0 heterocycles. The van der Waals surface area contributed by atoms with Crippen LogP contribution in [0.3, 0.4) is 0 Å². The predicted octanol–water partition coefficient (Wildman–Crippen LogP) is 4.48. The van der Waals surface area contributed by atoms with Gasteiger partial charge in [-0.05, 0) is 54.6 Å². The average Bonchev–Trinajstić information content (AvgIpc) is 2.73. The van der Waals surface area contributed by atoms with Crippen molar-refractivity contribution in [2.75, 3.05) is 23.8 Å². The minimum Gasteiger partial charge on any atom is -0.484 e. The fourth-order valence-electron chi connectivity index (χ4n) is 2.41. The molecule has 0 aliphatic heterocycles. The third-order valence-corrected chi connectivity index (χ3v) is 4.26. The molecule has 7 heteroatoms. The van der Waals surface area contributed by atoms with E-state index in [1.807, 2.05) is 30.3 Å². The van der Waals surface area contributed by atoms with Gasteiger partial charge >= 0.3 is 0 Å². The average molecular weight is 455 g/mol. The summed E-state index contributed by atoms with van der Waals surface area (Å²) in [6.07, 6.45) is 0. The van der Waals surface area contributed by atoms with E-state index in [4.69, 9.17) is 9.47 Å². The van der Waals surface area contributed by atoms with Crippen molar-refractivity contribution >= 4 is 39.1 Å². The summed E-state index contributed by atoms with van der Waals surface area (Å²) in [4.78, 5) is 24.1. The molecule has 0 aliphatic rings. The quantitative estimate of drug-likeness (QED) is 0.525. The highest BCUT2D eigenvalue weighted by Gasteiger charge is 2.07. The van der Waals surface area contributed by atoms with E-state index in [-0.39, 0.29) is 25.0 Å². The Hall–Kier alpha value is -3.32. The molecule has 2 N–H and O–H groups in total. The zero-order valence-corrected chi connectivity index (χ0v) is 17.0. The van der Waals surface area contributed by atoms with E-state index in [1.54, 1.807) is 48.5 Å². The van der Waals surface area contributed by atoms with Gasteiger partial charge in [-0.3, -0.25) is 9.59 Å². The lowest BCUT2D eigenvalue weighted by Gasteiger charge is -2.10. The first-order chi connectivity index (χ1) is 14.1. The van der Waals surface area contributed by atoms with Gasteiger partial charge in [0.2, 0.25) is 0 Å². The van der Waals surface area contributed by atoms with Gasteiger partial charge in [-0.1, -0.05) is 40.2 Å². The molecule has 3 aromatic carbocycles. The maximum atomic E-state index is 12.1. The predicted molar refractivity (Wildman–Crippen MR) is 115 cm³/mol. The number of halogens is 1. The Morgan fingerprint density at radius 1 is 0.690 bits per heavy atom. The van der Waals surface area contributed by atoms with Crippen LogP contribution in [-0.2, 0) is 9.59 Å². The van der Waals surface area contributed by atoms with Crippen LogP contribution in [0.5, 0.6) is 11.5 Å². The molecule has 2 amide bonds. The third kappa shape index (κ3) is 6.97. The van der Waals surface area contributed by atoms with Crippen LogP contribution in [0.15, 0.2) is 83.3 Å². The highest BCUT2D eigenvalue weighted by atomic mass is 79.9. The van der Waals surface area contributed by atoms with Crippen molar-refractivity contribution in [2.45, 2.75) is 0 Å². The summed E-state index contributed by atoms with van der Waals surface area (Å²) >= 11 is 3.34. The number of nitrogens with one attached hydrogen (secondary N) is 2. The first-order valence-electron chi connectivity index (χ1n) is 8.84. The lowest BCUT2D eigenvalue weighted by molar-refractivity contribution is -0.118. The van der Waals surface area contributed by atoms with Crippen molar-refractivity contribution in [3.63, 3.8) is 0 Å². The van der Waals surface area contributed by atoms with Gasteiger partial charge in [-0.15, -0.1) is 0 Å². The zero-order chi connectivity index (χ0) is 20.5. The smallest absolute Gasteiger partial charge is 0.262 e. The molecule has 6 nitrogen and oxygen atoms in total. The van der Waals surface area contributed by atoms with E-state index in [0.717, 1.165) is 4.47 Å². The Morgan fingerprint density at radius 3 is 1.76 bits per heavy atom. The fourth-order valence-corrected chi connectivity index (χ4v) is 2.68. The molecule has 0 radical (unpaired) electrons. The van der Waals surface area contributed by atoms with Crippen molar-refractivity contribution in [1.82, 2.24) is 0 Å². The molecule has 0 spiro atoms. The molecule has 29 heavy (non-hydrogen) atoms. The molecule has 3 aromatic rings. The number of carbonyl (C=O) groups excluding carboxylic acids is 2. The van der Waals surface area contributed by atoms with Crippen LogP contribution in [0.25, 0.3) is 0 Å². The summed E-state index contributed by atoms with van der Waals surface area (Å²) in [7, 11) is 0. The number of carbonyl (C=O) groups is 2. The lowest BCUT2D eigenvalue weighted by atomic mass is 10.2. The molecule has 0 saturated carbocycles. The summed E-state index contributed by atoms with van der Waals surface area (Å²) in [5.74, 6) is 0.622. The van der Waals surface area contributed by atoms with Gasteiger partial charge in [0.15, 0.2) is 13.2 Å². The summed E-state index contributed by atoms with van der Waals surface area (Å²) in [6.45, 7) is -0.231. The highest BCUT2D eigenvalue weighted by Crippen LogP contribution is 2.17. The molecular formula is C22H19BrN2O4. The fraction of sp³-hybridized carbons (Fsp3) is 0.0909. The molecule has 0 saturated heterocycles. The molecule has 0 atom stereocenters. The van der Waals surface area contributed by atoms with E-state index in [0.29, 0.717) is 22.9 Å². The van der Waals surface area contributed by atoms with Crippen molar-refractivity contribution in [3.05, 3.63) is 83.3 Å². The maximum Gasteiger partial charge on any atom is 0.262 e. The molecule has 0 fully saturated rings. The van der Waals surface area contributed by atoms with Crippen LogP contribution in [0.2, 0.25) is 0 Å². The van der Waals surface area contributed by atoms with Crippen molar-refractivity contribution in [1.29, 1.82) is 0 Å². The first-order valence-corrected chi connectivity index (χ1v) is 9.64. The second-order valence-corrected chi connectivity index (χ2v) is 6.94. The Bertz CT molecular complexity index is 962. The summed E-state index contributed by atoms with van der Waals surface area (Å²) in [5, 5.41) is 5.48. The summed E-state index contributed by atoms with van der Waals surface area (Å²) in [5.41, 5.74) is 1.11. The van der Waals surface area contributed by atoms with E-state index < -0.39 is 0 Å². The summed E-state index contributed by atoms with van der Waals surface area (Å²) < 4.78 is 11.8. The number of amides is 2. The van der Waals surface area contributed by atoms with E-state index in [9.17, 15) is 9.59 Å². The van der Waals surface area contributed by atoms with Gasteiger partial charge in [0.25, 0.3) is 11.8 Å². The maximum absolute atomic E-state index is 12.1. The van der Waals surface area contributed by atoms with Gasteiger partial charge in [0.1, 0.15) is 11.5 Å². The third-order valence-electron chi connectivity index (χ3n) is 3.73. The number of ether oxygens (including phenoxy) is 2. The van der Waals surface area contributed by atoms with Crippen LogP contribution in [-0.4, -0.2) is 25.0 Å². The number of hydrogen-bond donors (Lipinski definition) is 2. The Labute approximate surface area is 177 Å². The second-order valence-electron chi connectivity index (χ2n) is 6.02. The van der Waals surface area contributed by atoms with E-state index in [2.05, 4.69) is 26.6 Å². The number of para-hydroxylation sites is 1. The lowest BCUT2D eigenvalue weighted by Crippen LogP contribution is -2.21. The minimum absolute atomic E-state index is 0.109. The van der Waals surface area contributed by atoms with Crippen LogP contribution < -0.4 is 20.1 Å². The second kappa shape index (κ2) is 10.3. The molecule has 0 aromatic heterocycles. The number of rotatable bonds is 8. The van der Waals surface area contributed by atoms with Crippen molar-refractivity contribution in [3.8, 4) is 11.5 Å². The van der Waals surface area contributed by atoms with Gasteiger partial charge in [-0.2, -0.15) is 0 Å². The Morgan fingerprint density at radius 2 is 1.21 bits per heavy atom. The monoisotopic (exact) mass is 454 g/mol. The van der Waals surface area contributed by atoms with E-state index in [1.165, 1.54) is 0 Å². The van der Waals surface area contributed by atoms with Gasteiger partial charge in [0.05, 0.1) is 0 Å². The number of anilines is 2. The standard InChI is InChI=1S/C22H19BrN2O4/c23-16-9-11-20(12-10-16)29-15-22(27)25-18-6-4-5-17(13-18)24-21(26)14-28-19-7-2-1-3-8-19/h1-13H,14-15H2,(H,24,26)(H,25,27). The number of hydrogen-bond acceptors (Lipinski definition) is 4. The Balaban J connectivity index is 1.47. The highest BCUT2D eigenvalue weighted by molar-refractivity contribution is 9.10. The van der Waals surface area contributed by atoms with E-state index >= 15 is 0 Å². The van der Waals surface area contributed by atoms with Gasteiger partial charge < -0.3 is 20.1 Å². The van der Waals surface area contributed by atoms with Crippen LogP contribution in [0.1, 0.15) is 0 Å². The molecular weight excluding hydrogens is 436 g/mol. The molecule has 0 unspecified atom stereocenters. The molecule has 0 bridgehead atoms. The van der Waals surface area contributed by atoms with Gasteiger partial charge in [-0.25, -0.2) is 0 Å². The SMILES string of the molecule is O=C(COc1ccccc1)Nc1cccc(NC(=O)COc2ccc(Br)cc2)c1.